The van der Waals surface area contributed by atoms with Gasteiger partial charge in [-0.2, -0.15) is 4.98 Å². The van der Waals surface area contributed by atoms with Gasteiger partial charge in [0.05, 0.1) is 0 Å². The molecule has 136 valence electrons. The van der Waals surface area contributed by atoms with E-state index in [1.807, 2.05) is 6.92 Å². The van der Waals surface area contributed by atoms with Crippen LogP contribution >= 0.6 is 11.6 Å². The van der Waals surface area contributed by atoms with Crippen molar-refractivity contribution in [3.63, 3.8) is 0 Å². The van der Waals surface area contributed by atoms with Crippen LogP contribution < -0.4 is 21.9 Å². The van der Waals surface area contributed by atoms with Crippen LogP contribution in [0.3, 0.4) is 0 Å². The number of imide groups is 1. The maximum Gasteiger partial charge on any atom is 0.332 e. The summed E-state index contributed by atoms with van der Waals surface area (Å²) in [5.74, 6) is -0.669. The van der Waals surface area contributed by atoms with Gasteiger partial charge in [0.15, 0.2) is 11.2 Å². The molecule has 0 saturated carbocycles. The Morgan fingerprint density at radius 3 is 2.48 bits per heavy atom. The number of rotatable bonds is 4. The van der Waals surface area contributed by atoms with Gasteiger partial charge in [0.25, 0.3) is 5.56 Å². The summed E-state index contributed by atoms with van der Waals surface area (Å²) in [4.78, 5) is 52.0. The van der Waals surface area contributed by atoms with Gasteiger partial charge in [-0.1, -0.05) is 6.92 Å². The Morgan fingerprint density at radius 2 is 1.88 bits per heavy atom. The van der Waals surface area contributed by atoms with Crippen molar-refractivity contribution in [1.29, 1.82) is 0 Å². The van der Waals surface area contributed by atoms with E-state index in [0.29, 0.717) is 6.42 Å². The molecule has 11 heteroatoms. The minimum Gasteiger partial charge on any atom is -0.335 e. The number of fused-ring (bicyclic) bond motifs is 1. The minimum absolute atomic E-state index is 0.00656. The highest BCUT2D eigenvalue weighted by atomic mass is 35.5. The van der Waals surface area contributed by atoms with Gasteiger partial charge < -0.3 is 5.32 Å². The Balaban J connectivity index is 2.35. The zero-order chi connectivity index (χ0) is 18.9. The number of imidazole rings is 1. The second-order valence-electron chi connectivity index (χ2n) is 5.68. The molecule has 1 atom stereocenters. The van der Waals surface area contributed by atoms with Gasteiger partial charge in [0.2, 0.25) is 11.2 Å². The first-order chi connectivity index (χ1) is 11.7. The van der Waals surface area contributed by atoms with E-state index >= 15 is 0 Å². The van der Waals surface area contributed by atoms with Crippen molar-refractivity contribution in [3.8, 4) is 0 Å². The fourth-order valence-electron chi connectivity index (χ4n) is 2.24. The second-order valence-corrected chi connectivity index (χ2v) is 6.01. The second kappa shape index (κ2) is 7.09. The molecule has 2 rings (SSSR count). The zero-order valence-electron chi connectivity index (χ0n) is 14.3. The number of aromatic nitrogens is 4. The summed E-state index contributed by atoms with van der Waals surface area (Å²) in [7, 11) is 2.76. The summed E-state index contributed by atoms with van der Waals surface area (Å²) in [5, 5.41) is 4.62. The molecule has 0 aliphatic heterocycles. The van der Waals surface area contributed by atoms with Crippen LogP contribution in [0, 0.1) is 0 Å². The first kappa shape index (κ1) is 18.7. The number of hydrogen-bond acceptors (Lipinski definition) is 5. The number of carbonyl (C=O) groups is 2. The van der Waals surface area contributed by atoms with Crippen molar-refractivity contribution in [2.75, 3.05) is 0 Å². The Morgan fingerprint density at radius 1 is 1.24 bits per heavy atom. The van der Waals surface area contributed by atoms with Gasteiger partial charge in [-0.25, -0.2) is 9.59 Å². The van der Waals surface area contributed by atoms with Gasteiger partial charge in [0.1, 0.15) is 6.54 Å². The van der Waals surface area contributed by atoms with Crippen molar-refractivity contribution in [1.82, 2.24) is 29.3 Å². The lowest BCUT2D eigenvalue weighted by Gasteiger charge is -2.12. The molecule has 2 N–H and O–H groups in total. The summed E-state index contributed by atoms with van der Waals surface area (Å²) in [6, 6.07) is -0.729. The molecular formula is C14H19ClN6O4. The Kier molecular flexibility index (Phi) is 5.31. The lowest BCUT2D eigenvalue weighted by atomic mass is 10.3. The lowest BCUT2D eigenvalue weighted by molar-refractivity contribution is -0.120. The molecular weight excluding hydrogens is 352 g/mol. The zero-order valence-corrected chi connectivity index (χ0v) is 15.0. The first-order valence-electron chi connectivity index (χ1n) is 7.59. The molecule has 0 aliphatic carbocycles. The van der Waals surface area contributed by atoms with Crippen LogP contribution in [-0.4, -0.2) is 36.7 Å². The molecule has 0 spiro atoms. The number of nitrogens with zero attached hydrogens (tertiary/aromatic N) is 4. The molecule has 0 radical (unpaired) electrons. The number of amides is 3. The SMILES string of the molecule is CC[C@@H](C)NC(=O)NC(=O)Cn1c(Cl)nc2c1c(=O)n(C)c(=O)n2C. The quantitative estimate of drug-likeness (QED) is 0.717. The number of urea groups is 1. The molecule has 0 aliphatic rings. The van der Waals surface area contributed by atoms with E-state index in [-0.39, 0.29) is 22.5 Å². The maximum atomic E-state index is 12.3. The van der Waals surface area contributed by atoms with Crippen molar-refractivity contribution >= 4 is 34.7 Å². The van der Waals surface area contributed by atoms with E-state index < -0.39 is 29.7 Å². The third-order valence-electron chi connectivity index (χ3n) is 3.85. The number of halogens is 1. The van der Waals surface area contributed by atoms with Gasteiger partial charge >= 0.3 is 11.7 Å². The fraction of sp³-hybridized carbons (Fsp3) is 0.500. The highest BCUT2D eigenvalue weighted by molar-refractivity contribution is 6.29. The number of carbonyl (C=O) groups excluding carboxylic acids is 2. The average Bonchev–Trinajstić information content (AvgIpc) is 2.87. The summed E-state index contributed by atoms with van der Waals surface area (Å²) < 4.78 is 3.21. The minimum atomic E-state index is -0.669. The molecule has 2 heterocycles. The van der Waals surface area contributed by atoms with Gasteiger partial charge in [-0.15, -0.1) is 0 Å². The molecule has 2 aromatic rings. The van der Waals surface area contributed by atoms with Gasteiger partial charge in [-0.3, -0.25) is 28.6 Å². The largest absolute Gasteiger partial charge is 0.335 e. The lowest BCUT2D eigenvalue weighted by Crippen LogP contribution is -2.44. The predicted molar refractivity (Wildman–Crippen MR) is 91.7 cm³/mol. The van der Waals surface area contributed by atoms with E-state index in [1.165, 1.54) is 14.1 Å². The maximum absolute atomic E-state index is 12.3. The number of hydrogen-bond donors (Lipinski definition) is 2. The van der Waals surface area contributed by atoms with Crippen LogP contribution in [0.1, 0.15) is 20.3 Å². The molecule has 2 aromatic heterocycles. The smallest absolute Gasteiger partial charge is 0.332 e. The summed E-state index contributed by atoms with van der Waals surface area (Å²) >= 11 is 6.01. The van der Waals surface area contributed by atoms with Crippen molar-refractivity contribution in [2.24, 2.45) is 14.1 Å². The number of nitrogens with one attached hydrogen (secondary N) is 2. The van der Waals surface area contributed by atoms with Crippen molar-refractivity contribution in [3.05, 3.63) is 26.1 Å². The van der Waals surface area contributed by atoms with Crippen molar-refractivity contribution < 1.29 is 9.59 Å². The topological polar surface area (TPSA) is 120 Å². The molecule has 0 saturated heterocycles. The van der Waals surface area contributed by atoms with Crippen LogP contribution in [-0.2, 0) is 25.4 Å². The molecule has 0 unspecified atom stereocenters. The molecule has 0 bridgehead atoms. The molecule has 0 aromatic carbocycles. The summed E-state index contributed by atoms with van der Waals surface area (Å²) in [6.45, 7) is 3.30. The normalized spacial score (nSPS) is 12.2. The van der Waals surface area contributed by atoms with Gasteiger partial charge in [-0.05, 0) is 24.9 Å². The van der Waals surface area contributed by atoms with E-state index in [1.54, 1.807) is 6.92 Å². The number of aryl methyl sites for hydroxylation is 1. The van der Waals surface area contributed by atoms with E-state index in [2.05, 4.69) is 15.6 Å². The van der Waals surface area contributed by atoms with Crippen LogP contribution in [0.4, 0.5) is 4.79 Å². The average molecular weight is 371 g/mol. The third-order valence-corrected chi connectivity index (χ3v) is 4.13. The Hall–Kier alpha value is -2.62. The summed E-state index contributed by atoms with van der Waals surface area (Å²) in [5.41, 5.74) is -1.12. The highest BCUT2D eigenvalue weighted by Crippen LogP contribution is 2.15. The molecule has 10 nitrogen and oxygen atoms in total. The predicted octanol–water partition coefficient (Wildman–Crippen LogP) is -0.289. The van der Waals surface area contributed by atoms with E-state index in [0.717, 1.165) is 13.7 Å². The van der Waals surface area contributed by atoms with E-state index in [9.17, 15) is 19.2 Å². The van der Waals surface area contributed by atoms with Crippen molar-refractivity contribution in [2.45, 2.75) is 32.9 Å². The summed E-state index contributed by atoms with van der Waals surface area (Å²) in [6.07, 6.45) is 0.712. The van der Waals surface area contributed by atoms with E-state index in [4.69, 9.17) is 11.6 Å². The van der Waals surface area contributed by atoms with Crippen LogP contribution in [0.25, 0.3) is 11.2 Å². The molecule has 0 fully saturated rings. The molecule has 25 heavy (non-hydrogen) atoms. The third kappa shape index (κ3) is 3.58. The van der Waals surface area contributed by atoms with Crippen LogP contribution in [0.2, 0.25) is 5.28 Å². The molecule has 3 amide bonds. The van der Waals surface area contributed by atoms with Crippen LogP contribution in [0.5, 0.6) is 0 Å². The standard InChI is InChI=1S/C14H19ClN6O4/c1-5-7(2)16-13(24)17-8(22)6-21-9-10(18-12(21)15)19(3)14(25)20(4)11(9)23/h7H,5-6H2,1-4H3,(H2,16,17,22,24)/t7-/m1/s1. The highest BCUT2D eigenvalue weighted by Gasteiger charge is 2.20. The Labute approximate surface area is 147 Å². The monoisotopic (exact) mass is 370 g/mol. The first-order valence-corrected chi connectivity index (χ1v) is 7.97. The van der Waals surface area contributed by atoms with Gasteiger partial charge in [0, 0.05) is 20.1 Å². The fourth-order valence-corrected chi connectivity index (χ4v) is 2.46. The van der Waals surface area contributed by atoms with Crippen LogP contribution in [0.15, 0.2) is 9.59 Å². The Bertz CT molecular complexity index is 957.